The molecule has 1 atom stereocenters. The van der Waals surface area contributed by atoms with Crippen LogP contribution in [0.5, 0.6) is 0 Å². The van der Waals surface area contributed by atoms with Crippen molar-refractivity contribution in [2.45, 2.75) is 44.6 Å². The summed E-state index contributed by atoms with van der Waals surface area (Å²) in [5, 5.41) is 2.99. The number of nitrogens with one attached hydrogen (secondary N) is 1. The summed E-state index contributed by atoms with van der Waals surface area (Å²) in [5.74, 6) is 0.106. The molecule has 5 nitrogen and oxygen atoms in total. The molecule has 1 rings (SSSR count). The van der Waals surface area contributed by atoms with E-state index in [0.717, 1.165) is 12.5 Å². The average molecular weight is 272 g/mol. The molecule has 0 aromatic heterocycles. The second-order valence-corrected chi connectivity index (χ2v) is 11.7. The Bertz CT molecular complexity index is 315. The van der Waals surface area contributed by atoms with Crippen molar-refractivity contribution >= 4 is 20.1 Å². The Morgan fingerprint density at radius 3 is 2.61 bits per heavy atom. The Morgan fingerprint density at radius 1 is 1.39 bits per heavy atom. The molecule has 0 radical (unpaired) electrons. The number of likely N-dealkylation sites (tertiary alicyclic amines) is 1. The van der Waals surface area contributed by atoms with Gasteiger partial charge in [0.2, 0.25) is 5.91 Å². The molecule has 0 saturated carbocycles. The lowest BCUT2D eigenvalue weighted by Crippen LogP contribution is -2.39. The van der Waals surface area contributed by atoms with Gasteiger partial charge in [0.05, 0.1) is 7.11 Å². The van der Waals surface area contributed by atoms with E-state index < -0.39 is 8.07 Å². The van der Waals surface area contributed by atoms with Gasteiger partial charge in [-0.3, -0.25) is 4.79 Å². The average Bonchev–Trinajstić information content (AvgIpc) is 2.73. The van der Waals surface area contributed by atoms with Crippen LogP contribution >= 0.6 is 0 Å². The van der Waals surface area contributed by atoms with Gasteiger partial charge in [-0.15, -0.1) is 0 Å². The van der Waals surface area contributed by atoms with Gasteiger partial charge < -0.3 is 15.0 Å². The Morgan fingerprint density at radius 2 is 2.06 bits per heavy atom. The summed E-state index contributed by atoms with van der Waals surface area (Å²) in [4.78, 5) is 24.7. The van der Waals surface area contributed by atoms with Crippen LogP contribution in [-0.4, -0.2) is 51.2 Å². The van der Waals surface area contributed by atoms with Crippen molar-refractivity contribution in [1.29, 1.82) is 0 Å². The molecular weight excluding hydrogens is 248 g/mol. The number of rotatable bonds is 4. The largest absolute Gasteiger partial charge is 0.453 e. The molecular formula is C12H24N2O3Si. The van der Waals surface area contributed by atoms with Gasteiger partial charge in [0.1, 0.15) is 0 Å². The lowest BCUT2D eigenvalue weighted by molar-refractivity contribution is -0.121. The zero-order chi connectivity index (χ0) is 13.8. The number of hydrogen-bond donors (Lipinski definition) is 1. The van der Waals surface area contributed by atoms with Crippen molar-refractivity contribution in [2.75, 3.05) is 20.2 Å². The van der Waals surface area contributed by atoms with Crippen LogP contribution in [0.2, 0.25) is 25.7 Å². The van der Waals surface area contributed by atoms with E-state index >= 15 is 0 Å². The maximum absolute atomic E-state index is 11.8. The van der Waals surface area contributed by atoms with E-state index in [1.807, 2.05) is 0 Å². The van der Waals surface area contributed by atoms with Gasteiger partial charge in [-0.1, -0.05) is 19.6 Å². The highest BCUT2D eigenvalue weighted by Gasteiger charge is 2.27. The molecule has 2 amide bonds. The molecule has 1 heterocycles. The second kappa shape index (κ2) is 6.22. The molecule has 104 valence electrons. The molecule has 1 aliphatic rings. The molecule has 0 aromatic carbocycles. The molecule has 0 spiro atoms. The molecule has 1 fully saturated rings. The van der Waals surface area contributed by atoms with E-state index in [2.05, 4.69) is 29.7 Å². The highest BCUT2D eigenvalue weighted by molar-refractivity contribution is 6.76. The zero-order valence-electron chi connectivity index (χ0n) is 11.8. The number of ether oxygens (including phenoxy) is 1. The summed E-state index contributed by atoms with van der Waals surface area (Å²) in [6, 6.07) is 1.09. The molecule has 1 aliphatic heterocycles. The molecule has 1 N–H and O–H groups in total. The number of methoxy groups -OCH3 is 1. The van der Waals surface area contributed by atoms with Gasteiger partial charge in [-0.2, -0.15) is 0 Å². The maximum atomic E-state index is 11.8. The van der Waals surface area contributed by atoms with Crippen molar-refractivity contribution in [1.82, 2.24) is 10.2 Å². The van der Waals surface area contributed by atoms with Gasteiger partial charge in [-0.25, -0.2) is 4.79 Å². The van der Waals surface area contributed by atoms with Crippen LogP contribution < -0.4 is 5.32 Å². The van der Waals surface area contributed by atoms with Gasteiger partial charge in [0.25, 0.3) is 0 Å². The highest BCUT2D eigenvalue weighted by atomic mass is 28.3. The lowest BCUT2D eigenvalue weighted by Gasteiger charge is -2.18. The Labute approximate surface area is 110 Å². The first kappa shape index (κ1) is 15.0. The summed E-state index contributed by atoms with van der Waals surface area (Å²) >= 11 is 0. The van der Waals surface area contributed by atoms with Crippen LogP contribution in [0.3, 0.4) is 0 Å². The quantitative estimate of drug-likeness (QED) is 0.792. The van der Waals surface area contributed by atoms with E-state index in [9.17, 15) is 9.59 Å². The smallest absolute Gasteiger partial charge is 0.409 e. The molecule has 0 aromatic rings. The zero-order valence-corrected chi connectivity index (χ0v) is 12.8. The topological polar surface area (TPSA) is 58.6 Å². The van der Waals surface area contributed by atoms with Crippen LogP contribution in [0.25, 0.3) is 0 Å². The van der Waals surface area contributed by atoms with Gasteiger partial charge in [-0.05, 0) is 12.5 Å². The molecule has 0 unspecified atom stereocenters. The Kier molecular flexibility index (Phi) is 5.19. The summed E-state index contributed by atoms with van der Waals surface area (Å²) < 4.78 is 4.66. The van der Waals surface area contributed by atoms with E-state index in [1.165, 1.54) is 7.11 Å². The predicted octanol–water partition coefficient (Wildman–Crippen LogP) is 1.67. The SMILES string of the molecule is COC(=O)N1CC[C@@H](NC(=O)CC[Si](C)(C)C)C1. The first-order valence-corrected chi connectivity index (χ1v) is 10.1. The van der Waals surface area contributed by atoms with Crippen molar-refractivity contribution in [3.05, 3.63) is 0 Å². The van der Waals surface area contributed by atoms with Crippen LogP contribution in [-0.2, 0) is 9.53 Å². The minimum Gasteiger partial charge on any atom is -0.453 e. The number of hydrogen-bond acceptors (Lipinski definition) is 3. The first-order chi connectivity index (χ1) is 8.31. The molecule has 0 bridgehead atoms. The molecule has 1 saturated heterocycles. The Hall–Kier alpha value is -1.04. The first-order valence-electron chi connectivity index (χ1n) is 6.44. The summed E-state index contributed by atoms with van der Waals surface area (Å²) in [6.07, 6.45) is 1.10. The molecule has 6 heteroatoms. The van der Waals surface area contributed by atoms with Crippen molar-refractivity contribution in [2.24, 2.45) is 0 Å². The van der Waals surface area contributed by atoms with Crippen molar-refractivity contribution < 1.29 is 14.3 Å². The lowest BCUT2D eigenvalue weighted by atomic mass is 10.2. The number of carbonyl (C=O) groups is 2. The minimum atomic E-state index is -1.16. The fourth-order valence-electron chi connectivity index (χ4n) is 1.96. The van der Waals surface area contributed by atoms with Crippen LogP contribution in [0.1, 0.15) is 12.8 Å². The number of amides is 2. The fourth-order valence-corrected chi connectivity index (χ4v) is 2.94. The number of carbonyl (C=O) groups excluding carboxylic acids is 2. The monoisotopic (exact) mass is 272 g/mol. The van der Waals surface area contributed by atoms with Crippen molar-refractivity contribution in [3.8, 4) is 0 Å². The third-order valence-electron chi connectivity index (χ3n) is 3.09. The summed E-state index contributed by atoms with van der Waals surface area (Å²) in [5.41, 5.74) is 0. The fraction of sp³-hybridized carbons (Fsp3) is 0.833. The van der Waals surface area contributed by atoms with Gasteiger partial charge in [0, 0.05) is 33.6 Å². The van der Waals surface area contributed by atoms with Crippen LogP contribution in [0.15, 0.2) is 0 Å². The van der Waals surface area contributed by atoms with Crippen LogP contribution in [0.4, 0.5) is 4.79 Å². The van der Waals surface area contributed by atoms with E-state index in [1.54, 1.807) is 4.90 Å². The predicted molar refractivity (Wildman–Crippen MR) is 73.3 cm³/mol. The van der Waals surface area contributed by atoms with E-state index in [-0.39, 0.29) is 18.0 Å². The second-order valence-electron chi connectivity index (χ2n) is 6.03. The van der Waals surface area contributed by atoms with Crippen molar-refractivity contribution in [3.63, 3.8) is 0 Å². The molecule has 18 heavy (non-hydrogen) atoms. The Balaban J connectivity index is 2.28. The maximum Gasteiger partial charge on any atom is 0.409 e. The number of nitrogens with zero attached hydrogens (tertiary/aromatic N) is 1. The summed E-state index contributed by atoms with van der Waals surface area (Å²) in [6.45, 7) is 8.00. The highest BCUT2D eigenvalue weighted by Crippen LogP contribution is 2.13. The standard InChI is InChI=1S/C12H24N2O3Si/c1-17-12(16)14-7-5-10(9-14)13-11(15)6-8-18(2,3)4/h10H,5-9H2,1-4H3,(H,13,15)/t10-/m1/s1. The van der Waals surface area contributed by atoms with Crippen LogP contribution in [0, 0.1) is 0 Å². The summed E-state index contributed by atoms with van der Waals surface area (Å²) in [7, 11) is 0.219. The van der Waals surface area contributed by atoms with E-state index in [0.29, 0.717) is 19.5 Å². The minimum absolute atomic E-state index is 0.0817. The van der Waals surface area contributed by atoms with Gasteiger partial charge >= 0.3 is 6.09 Å². The van der Waals surface area contributed by atoms with E-state index in [4.69, 9.17) is 0 Å². The normalized spacial score (nSPS) is 19.8. The molecule has 0 aliphatic carbocycles. The third-order valence-corrected chi connectivity index (χ3v) is 4.84. The van der Waals surface area contributed by atoms with Gasteiger partial charge in [0.15, 0.2) is 0 Å². The third kappa shape index (κ3) is 5.08.